The van der Waals surface area contributed by atoms with Crippen molar-refractivity contribution in [2.75, 3.05) is 12.0 Å². The van der Waals surface area contributed by atoms with Gasteiger partial charge in [-0.05, 0) is 60.5 Å². The fourth-order valence-corrected chi connectivity index (χ4v) is 4.46. The number of ketones is 1. The van der Waals surface area contributed by atoms with Crippen LogP contribution < -0.4 is 9.64 Å². The highest BCUT2D eigenvalue weighted by Gasteiger charge is 2.45. The second-order valence-electron chi connectivity index (χ2n) is 8.02. The molecule has 0 saturated carbocycles. The predicted molar refractivity (Wildman–Crippen MR) is 130 cm³/mol. The summed E-state index contributed by atoms with van der Waals surface area (Å²) in [6, 6.07) is 20.1. The van der Waals surface area contributed by atoms with Crippen LogP contribution in [-0.2, 0) is 4.79 Å². The molecule has 2 heterocycles. The third kappa shape index (κ3) is 3.53. The van der Waals surface area contributed by atoms with Crippen LogP contribution in [0.25, 0.3) is 11.0 Å². The van der Waals surface area contributed by atoms with Crippen molar-refractivity contribution in [2.45, 2.75) is 13.0 Å². The number of aryl methyl sites for hydroxylation is 1. The van der Waals surface area contributed by atoms with Crippen molar-refractivity contribution in [1.29, 1.82) is 0 Å². The van der Waals surface area contributed by atoms with Gasteiger partial charge in [-0.3, -0.25) is 14.5 Å². The molecule has 0 bridgehead atoms. The number of benzene rings is 3. The summed E-state index contributed by atoms with van der Waals surface area (Å²) < 4.78 is 11.0. The minimum atomic E-state index is -0.858. The standard InChI is InChI=1S/C27H20ClNO5/c1-15-5-3-4-6-20(15)29-24(16-7-10-19(33-2)11-8-16)23(26(31)27(29)32)25(30)22-14-17-13-18(28)9-12-21(17)34-22/h3-14,24,31H,1-2H3. The molecule has 6 nitrogen and oxygen atoms in total. The van der Waals surface area contributed by atoms with E-state index < -0.39 is 23.5 Å². The number of ether oxygens (including phenoxy) is 1. The number of aliphatic hydroxyl groups is 1. The number of halogens is 1. The lowest BCUT2D eigenvalue weighted by molar-refractivity contribution is -0.117. The molecule has 0 radical (unpaired) electrons. The van der Waals surface area contributed by atoms with Crippen LogP contribution in [0.2, 0.25) is 5.02 Å². The fraction of sp³-hybridized carbons (Fsp3) is 0.111. The molecule has 1 unspecified atom stereocenters. The van der Waals surface area contributed by atoms with Crippen LogP contribution in [0.3, 0.4) is 0 Å². The maximum atomic E-state index is 13.7. The molecule has 34 heavy (non-hydrogen) atoms. The van der Waals surface area contributed by atoms with E-state index in [0.29, 0.717) is 33.0 Å². The molecular formula is C27H20ClNO5. The van der Waals surface area contributed by atoms with Crippen molar-refractivity contribution >= 4 is 39.9 Å². The van der Waals surface area contributed by atoms with E-state index in [1.54, 1.807) is 67.8 Å². The number of carbonyl (C=O) groups is 2. The molecule has 7 heteroatoms. The molecule has 0 saturated heterocycles. The van der Waals surface area contributed by atoms with E-state index in [4.69, 9.17) is 20.8 Å². The van der Waals surface area contributed by atoms with Gasteiger partial charge in [-0.2, -0.15) is 0 Å². The number of methoxy groups -OCH3 is 1. The number of carbonyl (C=O) groups excluding carboxylic acids is 2. The van der Waals surface area contributed by atoms with Crippen LogP contribution in [0.15, 0.2) is 88.5 Å². The van der Waals surface area contributed by atoms with Crippen molar-refractivity contribution in [3.63, 3.8) is 0 Å². The number of para-hydroxylation sites is 1. The molecule has 5 rings (SSSR count). The largest absolute Gasteiger partial charge is 0.503 e. The highest BCUT2D eigenvalue weighted by Crippen LogP contribution is 2.43. The highest BCUT2D eigenvalue weighted by atomic mass is 35.5. The van der Waals surface area contributed by atoms with Gasteiger partial charge >= 0.3 is 0 Å². The predicted octanol–water partition coefficient (Wildman–Crippen LogP) is 6.19. The molecule has 1 aromatic heterocycles. The minimum Gasteiger partial charge on any atom is -0.503 e. The van der Waals surface area contributed by atoms with E-state index in [-0.39, 0.29) is 11.3 Å². The Hall–Kier alpha value is -4.03. The second-order valence-corrected chi connectivity index (χ2v) is 8.46. The van der Waals surface area contributed by atoms with Crippen LogP contribution in [0.5, 0.6) is 5.75 Å². The minimum absolute atomic E-state index is 0.0109. The van der Waals surface area contributed by atoms with E-state index in [1.165, 1.54) is 4.90 Å². The zero-order chi connectivity index (χ0) is 24.0. The SMILES string of the molecule is COc1ccc(C2C(C(=O)c3cc4cc(Cl)ccc4o3)=C(O)C(=O)N2c2ccccc2C)cc1. The number of hydrogen-bond donors (Lipinski definition) is 1. The Kier molecular flexibility index (Phi) is 5.38. The molecule has 4 aromatic rings. The van der Waals surface area contributed by atoms with Crippen molar-refractivity contribution in [2.24, 2.45) is 0 Å². The first-order chi connectivity index (χ1) is 16.4. The Morgan fingerprint density at radius 1 is 1.06 bits per heavy atom. The molecule has 1 amide bonds. The normalized spacial score (nSPS) is 15.9. The number of furan rings is 1. The zero-order valence-electron chi connectivity index (χ0n) is 18.4. The van der Waals surface area contributed by atoms with E-state index in [9.17, 15) is 14.7 Å². The van der Waals surface area contributed by atoms with Crippen LogP contribution in [0.1, 0.15) is 27.7 Å². The number of fused-ring (bicyclic) bond motifs is 1. The van der Waals surface area contributed by atoms with Crippen molar-refractivity contribution < 1.29 is 23.8 Å². The Morgan fingerprint density at radius 2 is 1.79 bits per heavy atom. The van der Waals surface area contributed by atoms with Gasteiger partial charge in [-0.25, -0.2) is 0 Å². The first-order valence-corrected chi connectivity index (χ1v) is 11.0. The second kappa shape index (κ2) is 8.39. The number of amides is 1. The lowest BCUT2D eigenvalue weighted by Gasteiger charge is -2.28. The number of nitrogens with zero attached hydrogens (tertiary/aromatic N) is 1. The lowest BCUT2D eigenvalue weighted by Crippen LogP contribution is -2.31. The third-order valence-electron chi connectivity index (χ3n) is 5.96. The molecule has 1 aliphatic heterocycles. The maximum absolute atomic E-state index is 13.7. The van der Waals surface area contributed by atoms with Gasteiger partial charge in [0.25, 0.3) is 5.91 Å². The summed E-state index contributed by atoms with van der Waals surface area (Å²) in [6.07, 6.45) is 0. The quantitative estimate of drug-likeness (QED) is 0.350. The van der Waals surface area contributed by atoms with Crippen LogP contribution in [0.4, 0.5) is 5.69 Å². The molecule has 0 spiro atoms. The number of aliphatic hydroxyl groups excluding tert-OH is 1. The average molecular weight is 474 g/mol. The monoisotopic (exact) mass is 473 g/mol. The number of Topliss-reactive ketones (excluding diaryl/α,β-unsaturated/α-hetero) is 1. The molecule has 170 valence electrons. The first kappa shape index (κ1) is 21.8. The molecule has 1 atom stereocenters. The lowest BCUT2D eigenvalue weighted by atomic mass is 9.94. The van der Waals surface area contributed by atoms with Gasteiger partial charge in [0, 0.05) is 16.1 Å². The third-order valence-corrected chi connectivity index (χ3v) is 6.20. The highest BCUT2D eigenvalue weighted by molar-refractivity contribution is 6.31. The first-order valence-electron chi connectivity index (χ1n) is 10.6. The van der Waals surface area contributed by atoms with E-state index in [0.717, 1.165) is 5.56 Å². The summed E-state index contributed by atoms with van der Waals surface area (Å²) in [4.78, 5) is 28.4. The van der Waals surface area contributed by atoms with E-state index >= 15 is 0 Å². The van der Waals surface area contributed by atoms with Gasteiger partial charge in [-0.1, -0.05) is 41.9 Å². The molecule has 1 N–H and O–H groups in total. The van der Waals surface area contributed by atoms with Gasteiger partial charge in [-0.15, -0.1) is 0 Å². The molecule has 1 aliphatic rings. The number of anilines is 1. The summed E-state index contributed by atoms with van der Waals surface area (Å²) >= 11 is 6.07. The van der Waals surface area contributed by atoms with Gasteiger partial charge in [0.2, 0.25) is 5.78 Å². The molecule has 3 aromatic carbocycles. The fourth-order valence-electron chi connectivity index (χ4n) is 4.28. The Labute approximate surface area is 200 Å². The Bertz CT molecular complexity index is 1470. The summed E-state index contributed by atoms with van der Waals surface area (Å²) in [5.74, 6) is -1.19. The zero-order valence-corrected chi connectivity index (χ0v) is 19.2. The summed E-state index contributed by atoms with van der Waals surface area (Å²) in [5, 5.41) is 12.1. The molecule has 0 aliphatic carbocycles. The summed E-state index contributed by atoms with van der Waals surface area (Å²) in [7, 11) is 1.56. The number of hydrogen-bond acceptors (Lipinski definition) is 5. The molecule has 0 fully saturated rings. The maximum Gasteiger partial charge on any atom is 0.294 e. The van der Waals surface area contributed by atoms with Gasteiger partial charge < -0.3 is 14.3 Å². The van der Waals surface area contributed by atoms with Gasteiger partial charge in [0.15, 0.2) is 11.5 Å². The summed E-state index contributed by atoms with van der Waals surface area (Å²) in [5.41, 5.74) is 2.50. The summed E-state index contributed by atoms with van der Waals surface area (Å²) in [6.45, 7) is 1.87. The van der Waals surface area contributed by atoms with E-state index in [2.05, 4.69) is 0 Å². The van der Waals surface area contributed by atoms with E-state index in [1.807, 2.05) is 19.1 Å². The average Bonchev–Trinajstić information content (AvgIpc) is 3.38. The number of rotatable bonds is 5. The van der Waals surface area contributed by atoms with Crippen LogP contribution in [-0.4, -0.2) is 23.9 Å². The van der Waals surface area contributed by atoms with Crippen molar-refractivity contribution in [3.8, 4) is 5.75 Å². The van der Waals surface area contributed by atoms with Crippen molar-refractivity contribution in [3.05, 3.63) is 106 Å². The van der Waals surface area contributed by atoms with Crippen molar-refractivity contribution in [1.82, 2.24) is 0 Å². The van der Waals surface area contributed by atoms with Crippen LogP contribution >= 0.6 is 11.6 Å². The Balaban J connectivity index is 1.67. The molecular weight excluding hydrogens is 454 g/mol. The topological polar surface area (TPSA) is 80.0 Å². The van der Waals surface area contributed by atoms with Gasteiger partial charge in [0.05, 0.1) is 18.7 Å². The Morgan fingerprint density at radius 3 is 2.50 bits per heavy atom. The van der Waals surface area contributed by atoms with Gasteiger partial charge in [0.1, 0.15) is 11.3 Å². The van der Waals surface area contributed by atoms with Crippen LogP contribution in [0, 0.1) is 6.92 Å². The smallest absolute Gasteiger partial charge is 0.294 e.